The Morgan fingerprint density at radius 3 is 3.00 bits per heavy atom. The minimum absolute atomic E-state index is 0.0454. The van der Waals surface area contributed by atoms with Gasteiger partial charge in [-0.05, 0) is 25.1 Å². The Kier molecular flexibility index (Phi) is 3.21. The average Bonchev–Trinajstić information content (AvgIpc) is 2.82. The number of anilines is 1. The van der Waals surface area contributed by atoms with E-state index in [-0.39, 0.29) is 11.7 Å². The number of hydrogen-bond acceptors (Lipinski definition) is 5. The second-order valence-electron chi connectivity index (χ2n) is 3.93. The number of nitrogens with one attached hydrogen (secondary N) is 2. The minimum Gasteiger partial charge on any atom is -0.375 e. The van der Waals surface area contributed by atoms with Crippen LogP contribution < -0.4 is 10.6 Å². The monoisotopic (exact) mass is 232 g/mol. The molecular formula is C11H12N4O2. The fraction of sp³-hybridized carbons (Fsp3) is 0.364. The van der Waals surface area contributed by atoms with Gasteiger partial charge in [0.2, 0.25) is 0 Å². The predicted molar refractivity (Wildman–Crippen MR) is 62.7 cm³/mol. The summed E-state index contributed by atoms with van der Waals surface area (Å²) in [6.45, 7) is 1.72. The van der Waals surface area contributed by atoms with Crippen LogP contribution in [0.3, 0.4) is 0 Å². The highest BCUT2D eigenvalue weighted by Crippen LogP contribution is 2.26. The Balaban J connectivity index is 2.26. The second kappa shape index (κ2) is 4.80. The zero-order valence-corrected chi connectivity index (χ0v) is 9.14. The highest BCUT2D eigenvalue weighted by Gasteiger charge is 2.20. The summed E-state index contributed by atoms with van der Waals surface area (Å²) in [6, 6.07) is 6.58. The van der Waals surface area contributed by atoms with Gasteiger partial charge in [-0.3, -0.25) is 10.1 Å². The predicted octanol–water partition coefficient (Wildman–Crippen LogP) is 1.24. The second-order valence-corrected chi connectivity index (χ2v) is 3.93. The molecule has 1 aromatic carbocycles. The van der Waals surface area contributed by atoms with Gasteiger partial charge in [0.25, 0.3) is 5.69 Å². The molecule has 0 aromatic heterocycles. The van der Waals surface area contributed by atoms with E-state index in [2.05, 4.69) is 10.6 Å². The number of nitro benzene ring substituents is 1. The van der Waals surface area contributed by atoms with Gasteiger partial charge in [-0.2, -0.15) is 5.26 Å². The van der Waals surface area contributed by atoms with Gasteiger partial charge < -0.3 is 10.6 Å². The van der Waals surface area contributed by atoms with Crippen molar-refractivity contribution in [3.8, 4) is 6.07 Å². The van der Waals surface area contributed by atoms with Crippen LogP contribution in [-0.4, -0.2) is 24.1 Å². The summed E-state index contributed by atoms with van der Waals surface area (Å²) in [5.74, 6) is 0. The molecule has 1 saturated heterocycles. The molecule has 17 heavy (non-hydrogen) atoms. The summed E-state index contributed by atoms with van der Waals surface area (Å²) >= 11 is 0. The SMILES string of the molecule is N#Cc1ccc(NC2CCNC2)c([N+](=O)[O-])c1. The summed E-state index contributed by atoms with van der Waals surface area (Å²) in [5, 5.41) is 25.9. The molecule has 6 heteroatoms. The fourth-order valence-electron chi connectivity index (χ4n) is 1.87. The van der Waals surface area contributed by atoms with Crippen LogP contribution in [0, 0.1) is 21.4 Å². The Labute approximate surface area is 98.4 Å². The molecule has 2 rings (SSSR count). The molecule has 0 spiro atoms. The highest BCUT2D eigenvalue weighted by molar-refractivity contribution is 5.64. The number of benzene rings is 1. The average molecular weight is 232 g/mol. The van der Waals surface area contributed by atoms with Gasteiger partial charge in [0.05, 0.1) is 16.6 Å². The van der Waals surface area contributed by atoms with Crippen LogP contribution in [-0.2, 0) is 0 Å². The van der Waals surface area contributed by atoms with Crippen molar-refractivity contribution in [2.75, 3.05) is 18.4 Å². The molecule has 1 heterocycles. The number of rotatable bonds is 3. The van der Waals surface area contributed by atoms with E-state index in [0.717, 1.165) is 19.5 Å². The number of nitro groups is 1. The van der Waals surface area contributed by atoms with Gasteiger partial charge in [0.1, 0.15) is 5.69 Å². The Hall–Kier alpha value is -2.13. The van der Waals surface area contributed by atoms with Crippen LogP contribution in [0.15, 0.2) is 18.2 Å². The molecule has 0 bridgehead atoms. The standard InChI is InChI=1S/C11H12N4O2/c12-6-8-1-2-10(11(5-8)15(16)17)14-9-3-4-13-7-9/h1-2,5,9,13-14H,3-4,7H2. The lowest BCUT2D eigenvalue weighted by Crippen LogP contribution is -2.22. The first-order chi connectivity index (χ1) is 8.20. The third-order valence-electron chi connectivity index (χ3n) is 2.74. The Bertz CT molecular complexity index is 475. The van der Waals surface area contributed by atoms with Crippen LogP contribution in [0.4, 0.5) is 11.4 Å². The molecule has 1 atom stereocenters. The summed E-state index contributed by atoms with van der Waals surface area (Å²) in [4.78, 5) is 10.4. The van der Waals surface area contributed by atoms with Gasteiger partial charge in [-0.15, -0.1) is 0 Å². The van der Waals surface area contributed by atoms with Crippen molar-refractivity contribution >= 4 is 11.4 Å². The number of nitrogens with zero attached hydrogens (tertiary/aromatic N) is 2. The van der Waals surface area contributed by atoms with Crippen LogP contribution in [0.2, 0.25) is 0 Å². The molecule has 2 N–H and O–H groups in total. The molecule has 0 aliphatic carbocycles. The third-order valence-corrected chi connectivity index (χ3v) is 2.74. The maximum Gasteiger partial charge on any atom is 0.293 e. The molecule has 1 aromatic rings. The molecule has 1 aliphatic heterocycles. The van der Waals surface area contributed by atoms with E-state index in [1.54, 1.807) is 12.1 Å². The lowest BCUT2D eigenvalue weighted by Gasteiger charge is -2.12. The van der Waals surface area contributed by atoms with Crippen molar-refractivity contribution in [2.24, 2.45) is 0 Å². The maximum atomic E-state index is 10.9. The Morgan fingerprint density at radius 1 is 1.59 bits per heavy atom. The van der Waals surface area contributed by atoms with Gasteiger partial charge in [-0.1, -0.05) is 0 Å². The molecular weight excluding hydrogens is 220 g/mol. The van der Waals surface area contributed by atoms with Crippen LogP contribution >= 0.6 is 0 Å². The van der Waals surface area contributed by atoms with E-state index in [9.17, 15) is 10.1 Å². The summed E-state index contributed by atoms with van der Waals surface area (Å²) < 4.78 is 0. The number of nitriles is 1. The largest absolute Gasteiger partial charge is 0.375 e. The first-order valence-corrected chi connectivity index (χ1v) is 5.36. The van der Waals surface area contributed by atoms with Crippen molar-refractivity contribution in [1.82, 2.24) is 5.32 Å². The van der Waals surface area contributed by atoms with Crippen LogP contribution in [0.5, 0.6) is 0 Å². The first-order valence-electron chi connectivity index (χ1n) is 5.36. The normalized spacial score (nSPS) is 18.6. The fourth-order valence-corrected chi connectivity index (χ4v) is 1.87. The van der Waals surface area contributed by atoms with Crippen molar-refractivity contribution in [3.63, 3.8) is 0 Å². The van der Waals surface area contributed by atoms with Crippen molar-refractivity contribution in [3.05, 3.63) is 33.9 Å². The molecule has 6 nitrogen and oxygen atoms in total. The van der Waals surface area contributed by atoms with Crippen LogP contribution in [0.25, 0.3) is 0 Å². The molecule has 0 saturated carbocycles. The quantitative estimate of drug-likeness (QED) is 0.604. The van der Waals surface area contributed by atoms with Crippen molar-refractivity contribution < 1.29 is 4.92 Å². The van der Waals surface area contributed by atoms with E-state index < -0.39 is 4.92 Å². The van der Waals surface area contributed by atoms with Gasteiger partial charge in [-0.25, -0.2) is 0 Å². The minimum atomic E-state index is -0.467. The summed E-state index contributed by atoms with van der Waals surface area (Å²) in [5.41, 5.74) is 0.727. The van der Waals surface area contributed by atoms with Crippen molar-refractivity contribution in [2.45, 2.75) is 12.5 Å². The summed E-state index contributed by atoms with van der Waals surface area (Å²) in [7, 11) is 0. The number of hydrogen-bond donors (Lipinski definition) is 2. The van der Waals surface area contributed by atoms with E-state index in [4.69, 9.17) is 5.26 Å². The van der Waals surface area contributed by atoms with Crippen molar-refractivity contribution in [1.29, 1.82) is 5.26 Å². The van der Waals surface area contributed by atoms with E-state index in [1.807, 2.05) is 6.07 Å². The van der Waals surface area contributed by atoms with Gasteiger partial charge in [0, 0.05) is 18.7 Å². The smallest absolute Gasteiger partial charge is 0.293 e. The molecule has 1 aliphatic rings. The molecule has 1 unspecified atom stereocenters. The van der Waals surface area contributed by atoms with Gasteiger partial charge in [0.15, 0.2) is 0 Å². The molecule has 88 valence electrons. The van der Waals surface area contributed by atoms with Gasteiger partial charge >= 0.3 is 0 Å². The van der Waals surface area contributed by atoms with Crippen LogP contribution in [0.1, 0.15) is 12.0 Å². The highest BCUT2D eigenvalue weighted by atomic mass is 16.6. The third kappa shape index (κ3) is 2.52. The zero-order valence-electron chi connectivity index (χ0n) is 9.14. The molecule has 0 amide bonds. The maximum absolute atomic E-state index is 10.9. The topological polar surface area (TPSA) is 91.0 Å². The van der Waals surface area contributed by atoms with E-state index >= 15 is 0 Å². The Morgan fingerprint density at radius 2 is 2.41 bits per heavy atom. The molecule has 1 fully saturated rings. The lowest BCUT2D eigenvalue weighted by molar-refractivity contribution is -0.384. The summed E-state index contributed by atoms with van der Waals surface area (Å²) in [6.07, 6.45) is 0.942. The lowest BCUT2D eigenvalue weighted by atomic mass is 10.1. The van der Waals surface area contributed by atoms with E-state index in [0.29, 0.717) is 11.3 Å². The first kappa shape index (κ1) is 11.4. The van der Waals surface area contributed by atoms with E-state index in [1.165, 1.54) is 6.07 Å². The zero-order chi connectivity index (χ0) is 12.3. The molecule has 0 radical (unpaired) electrons.